The summed E-state index contributed by atoms with van der Waals surface area (Å²) in [7, 11) is 0. The maximum absolute atomic E-state index is 11.9. The molecule has 0 spiro atoms. The minimum absolute atomic E-state index is 0.0217. The predicted molar refractivity (Wildman–Crippen MR) is 75.6 cm³/mol. The Morgan fingerprint density at radius 1 is 1.32 bits per heavy atom. The molecule has 1 aromatic carbocycles. The number of benzene rings is 1. The van der Waals surface area contributed by atoms with Crippen LogP contribution in [0.15, 0.2) is 42.6 Å². The number of carbonyl (C=O) groups excluding carboxylic acids is 1. The highest BCUT2D eigenvalue weighted by Gasteiger charge is 2.38. The van der Waals surface area contributed by atoms with Crippen LogP contribution < -0.4 is 0 Å². The lowest BCUT2D eigenvalue weighted by Crippen LogP contribution is -2.23. The molecule has 0 aromatic heterocycles. The Kier molecular flexibility index (Phi) is 4.61. The molecule has 1 aliphatic rings. The Bertz CT molecular complexity index is 441. The van der Waals surface area contributed by atoms with Gasteiger partial charge in [0.1, 0.15) is 12.1 Å². The van der Waals surface area contributed by atoms with Crippen molar-refractivity contribution in [2.45, 2.75) is 45.3 Å². The van der Waals surface area contributed by atoms with Gasteiger partial charge >= 0.3 is 6.09 Å². The number of ether oxygens (including phenoxy) is 1. The molecule has 0 unspecified atom stereocenters. The smallest absolute Gasteiger partial charge is 0.414 e. The maximum atomic E-state index is 11.9. The van der Waals surface area contributed by atoms with Crippen molar-refractivity contribution in [1.29, 1.82) is 0 Å². The molecule has 0 radical (unpaired) electrons. The lowest BCUT2D eigenvalue weighted by atomic mass is 10.0. The minimum atomic E-state index is -0.255. The molecule has 1 heterocycles. The molecule has 0 bridgehead atoms. The van der Waals surface area contributed by atoms with E-state index in [9.17, 15) is 4.79 Å². The van der Waals surface area contributed by atoms with Crippen molar-refractivity contribution in [3.05, 3.63) is 48.2 Å². The third-order valence-electron chi connectivity index (χ3n) is 3.37. The Labute approximate surface area is 114 Å². The molecule has 1 amide bonds. The third-order valence-corrected chi connectivity index (χ3v) is 3.37. The first-order valence-corrected chi connectivity index (χ1v) is 6.94. The van der Waals surface area contributed by atoms with Crippen LogP contribution in [0.3, 0.4) is 0 Å². The minimum Gasteiger partial charge on any atom is -0.444 e. The van der Waals surface area contributed by atoms with Crippen LogP contribution >= 0.6 is 0 Å². The van der Waals surface area contributed by atoms with Crippen LogP contribution in [0, 0.1) is 0 Å². The van der Waals surface area contributed by atoms with E-state index >= 15 is 0 Å². The molecule has 3 heteroatoms. The van der Waals surface area contributed by atoms with E-state index in [0.717, 1.165) is 24.8 Å². The summed E-state index contributed by atoms with van der Waals surface area (Å²) in [4.78, 5) is 13.6. The van der Waals surface area contributed by atoms with Gasteiger partial charge in [-0.2, -0.15) is 0 Å². The zero-order chi connectivity index (χ0) is 13.7. The molecule has 19 heavy (non-hydrogen) atoms. The highest BCUT2D eigenvalue weighted by Crippen LogP contribution is 2.33. The van der Waals surface area contributed by atoms with Crippen molar-refractivity contribution in [2.75, 3.05) is 0 Å². The largest absolute Gasteiger partial charge is 0.444 e. The summed E-state index contributed by atoms with van der Waals surface area (Å²) in [6.45, 7) is 4.10. The van der Waals surface area contributed by atoms with Gasteiger partial charge in [-0.25, -0.2) is 4.79 Å². The van der Waals surface area contributed by atoms with Gasteiger partial charge in [-0.1, -0.05) is 56.2 Å². The van der Waals surface area contributed by atoms with Crippen LogP contribution in [0.1, 0.15) is 44.7 Å². The number of hydrogen-bond donors (Lipinski definition) is 0. The van der Waals surface area contributed by atoms with E-state index in [0.29, 0.717) is 0 Å². The fraction of sp³-hybridized carbons (Fsp3) is 0.438. The van der Waals surface area contributed by atoms with Gasteiger partial charge in [0.05, 0.1) is 0 Å². The highest BCUT2D eigenvalue weighted by atomic mass is 16.6. The van der Waals surface area contributed by atoms with E-state index in [1.54, 1.807) is 4.90 Å². The molecule has 2 rings (SSSR count). The molecule has 1 aromatic rings. The molecule has 1 fully saturated rings. The van der Waals surface area contributed by atoms with Crippen molar-refractivity contribution in [2.24, 2.45) is 0 Å². The normalized spacial score (nSPS) is 23.1. The molecule has 0 aliphatic carbocycles. The Morgan fingerprint density at radius 3 is 2.74 bits per heavy atom. The van der Waals surface area contributed by atoms with Crippen LogP contribution in [0.25, 0.3) is 0 Å². The molecule has 0 N–H and O–H groups in total. The van der Waals surface area contributed by atoms with E-state index in [1.165, 1.54) is 0 Å². The SMILES string of the molecule is CCCC/C=C\N1C(=O)O[C@H](C)[C@@H]1c1ccccc1. The molecule has 1 saturated heterocycles. The summed E-state index contributed by atoms with van der Waals surface area (Å²) in [5, 5.41) is 0. The monoisotopic (exact) mass is 259 g/mol. The Morgan fingerprint density at radius 2 is 2.05 bits per heavy atom. The lowest BCUT2D eigenvalue weighted by Gasteiger charge is -2.20. The Hall–Kier alpha value is -1.77. The number of allylic oxidation sites excluding steroid dienone is 1. The summed E-state index contributed by atoms with van der Waals surface area (Å²) in [5.74, 6) is 0. The lowest BCUT2D eigenvalue weighted by molar-refractivity contribution is 0.139. The molecule has 3 nitrogen and oxygen atoms in total. The second-order valence-corrected chi connectivity index (χ2v) is 4.88. The molecule has 2 atom stereocenters. The van der Waals surface area contributed by atoms with Crippen LogP contribution in [0.4, 0.5) is 4.79 Å². The van der Waals surface area contributed by atoms with Gasteiger partial charge < -0.3 is 4.74 Å². The maximum Gasteiger partial charge on any atom is 0.414 e. The van der Waals surface area contributed by atoms with Gasteiger partial charge in [0.15, 0.2) is 0 Å². The summed E-state index contributed by atoms with van der Waals surface area (Å²) < 4.78 is 5.33. The number of nitrogens with zero attached hydrogens (tertiary/aromatic N) is 1. The fourth-order valence-corrected chi connectivity index (χ4v) is 2.37. The number of unbranched alkanes of at least 4 members (excludes halogenated alkanes) is 2. The van der Waals surface area contributed by atoms with Crippen LogP contribution in [0.2, 0.25) is 0 Å². The van der Waals surface area contributed by atoms with Gasteiger partial charge in [-0.15, -0.1) is 0 Å². The summed E-state index contributed by atoms with van der Waals surface area (Å²) in [6.07, 6.45) is 6.85. The van der Waals surface area contributed by atoms with Crippen molar-refractivity contribution in [3.63, 3.8) is 0 Å². The van der Waals surface area contributed by atoms with Crippen LogP contribution in [-0.2, 0) is 4.74 Å². The molecule has 0 saturated carbocycles. The fourth-order valence-electron chi connectivity index (χ4n) is 2.37. The predicted octanol–water partition coefficient (Wildman–Crippen LogP) is 4.27. The molecule has 1 aliphatic heterocycles. The van der Waals surface area contributed by atoms with E-state index in [2.05, 4.69) is 13.0 Å². The van der Waals surface area contributed by atoms with Crippen LogP contribution in [0.5, 0.6) is 0 Å². The summed E-state index contributed by atoms with van der Waals surface area (Å²) in [6, 6.07) is 10.0. The van der Waals surface area contributed by atoms with E-state index in [1.807, 2.05) is 43.5 Å². The van der Waals surface area contributed by atoms with E-state index in [-0.39, 0.29) is 18.2 Å². The topological polar surface area (TPSA) is 29.5 Å². The molecular formula is C16H21NO2. The van der Waals surface area contributed by atoms with Gasteiger partial charge in [-0.3, -0.25) is 4.90 Å². The van der Waals surface area contributed by atoms with Crippen molar-refractivity contribution in [3.8, 4) is 0 Å². The first-order chi connectivity index (χ1) is 9.24. The van der Waals surface area contributed by atoms with Gasteiger partial charge in [0, 0.05) is 6.20 Å². The van der Waals surface area contributed by atoms with Crippen molar-refractivity contribution in [1.82, 2.24) is 4.90 Å². The summed E-state index contributed by atoms with van der Waals surface area (Å²) >= 11 is 0. The summed E-state index contributed by atoms with van der Waals surface area (Å²) in [5.41, 5.74) is 1.11. The zero-order valence-corrected chi connectivity index (χ0v) is 11.6. The van der Waals surface area contributed by atoms with Crippen molar-refractivity contribution >= 4 is 6.09 Å². The first-order valence-electron chi connectivity index (χ1n) is 6.94. The second kappa shape index (κ2) is 6.41. The average molecular weight is 259 g/mol. The molecule has 102 valence electrons. The quantitative estimate of drug-likeness (QED) is 0.739. The number of amides is 1. The third kappa shape index (κ3) is 3.16. The van der Waals surface area contributed by atoms with Crippen LogP contribution in [-0.4, -0.2) is 17.1 Å². The highest BCUT2D eigenvalue weighted by molar-refractivity contribution is 5.72. The van der Waals surface area contributed by atoms with Crippen molar-refractivity contribution < 1.29 is 9.53 Å². The Balaban J connectivity index is 2.14. The average Bonchev–Trinajstić information content (AvgIpc) is 2.70. The number of rotatable bonds is 5. The number of cyclic esters (lactones) is 1. The van der Waals surface area contributed by atoms with Gasteiger partial charge in [0.2, 0.25) is 0 Å². The van der Waals surface area contributed by atoms with E-state index in [4.69, 9.17) is 4.74 Å². The van der Waals surface area contributed by atoms with E-state index < -0.39 is 0 Å². The first kappa shape index (κ1) is 13.7. The number of carbonyl (C=O) groups is 1. The number of hydrogen-bond acceptors (Lipinski definition) is 2. The van der Waals surface area contributed by atoms with Gasteiger partial charge in [-0.05, 0) is 18.9 Å². The van der Waals surface area contributed by atoms with Gasteiger partial charge in [0.25, 0.3) is 0 Å². The zero-order valence-electron chi connectivity index (χ0n) is 11.6. The standard InChI is InChI=1S/C16H21NO2/c1-3-4-5-9-12-17-15(13(2)19-16(17)18)14-10-7-6-8-11-14/h6-13,15H,3-5H2,1-2H3/b12-9-/t13-,15-/m1/s1. The second-order valence-electron chi connectivity index (χ2n) is 4.88. The molecular weight excluding hydrogens is 238 g/mol.